The van der Waals surface area contributed by atoms with Gasteiger partial charge in [0, 0.05) is 4.90 Å². The van der Waals surface area contributed by atoms with Crippen molar-refractivity contribution in [1.82, 2.24) is 9.97 Å². The van der Waals surface area contributed by atoms with E-state index in [2.05, 4.69) is 54.1 Å². The van der Waals surface area contributed by atoms with Gasteiger partial charge in [-0.05, 0) is 48.6 Å². The number of rotatable bonds is 2. The zero-order valence-corrected chi connectivity index (χ0v) is 11.3. The van der Waals surface area contributed by atoms with Crippen molar-refractivity contribution in [3.63, 3.8) is 0 Å². The fraction of sp³-hybridized carbons (Fsp3) is 0.200. The molecule has 0 aliphatic carbocycles. The standard InChI is InChI=1S/C15H14N2S/c1-3-18-11-5-7-13-15(9-11)17-12-6-4-10(2)8-14(12)16-13/h4-9H,3H2,1-2H3. The van der Waals surface area contributed by atoms with Gasteiger partial charge in [-0.3, -0.25) is 0 Å². The van der Waals surface area contributed by atoms with Crippen LogP contribution in [0, 0.1) is 6.92 Å². The Balaban J connectivity index is 2.24. The molecule has 2 nitrogen and oxygen atoms in total. The monoisotopic (exact) mass is 254 g/mol. The van der Waals surface area contributed by atoms with Crippen molar-refractivity contribution < 1.29 is 0 Å². The highest BCUT2D eigenvalue weighted by atomic mass is 32.2. The zero-order chi connectivity index (χ0) is 12.5. The second-order valence-electron chi connectivity index (χ2n) is 4.30. The first-order valence-electron chi connectivity index (χ1n) is 6.07. The minimum Gasteiger partial charge on any atom is -0.244 e. The van der Waals surface area contributed by atoms with Gasteiger partial charge in [0.05, 0.1) is 22.1 Å². The molecule has 3 aromatic rings. The number of nitrogens with zero attached hydrogens (tertiary/aromatic N) is 2. The SMILES string of the molecule is CCSc1ccc2nc3cc(C)ccc3nc2c1. The van der Waals surface area contributed by atoms with Crippen LogP contribution >= 0.6 is 11.8 Å². The number of thioether (sulfide) groups is 1. The number of hydrogen-bond acceptors (Lipinski definition) is 3. The maximum atomic E-state index is 4.69. The average Bonchev–Trinajstić information content (AvgIpc) is 2.37. The lowest BCUT2D eigenvalue weighted by Gasteiger charge is -2.04. The van der Waals surface area contributed by atoms with E-state index in [0.29, 0.717) is 0 Å². The van der Waals surface area contributed by atoms with Crippen LogP contribution in [0.1, 0.15) is 12.5 Å². The summed E-state index contributed by atoms with van der Waals surface area (Å²) in [6, 6.07) is 12.5. The molecule has 3 heteroatoms. The van der Waals surface area contributed by atoms with Gasteiger partial charge in [-0.1, -0.05) is 13.0 Å². The molecule has 0 saturated heterocycles. The summed E-state index contributed by atoms with van der Waals surface area (Å²) in [5.41, 5.74) is 5.10. The van der Waals surface area contributed by atoms with Gasteiger partial charge in [-0.25, -0.2) is 9.97 Å². The Morgan fingerprint density at radius 3 is 2.28 bits per heavy atom. The molecule has 0 fully saturated rings. The molecule has 90 valence electrons. The summed E-state index contributed by atoms with van der Waals surface area (Å²) in [6.07, 6.45) is 0. The van der Waals surface area contributed by atoms with E-state index in [-0.39, 0.29) is 0 Å². The summed E-state index contributed by atoms with van der Waals surface area (Å²) in [7, 11) is 0. The first-order chi connectivity index (χ1) is 8.76. The second kappa shape index (κ2) is 4.58. The van der Waals surface area contributed by atoms with E-state index in [9.17, 15) is 0 Å². The number of hydrogen-bond donors (Lipinski definition) is 0. The molecule has 0 unspecified atom stereocenters. The van der Waals surface area contributed by atoms with Crippen molar-refractivity contribution in [1.29, 1.82) is 0 Å². The van der Waals surface area contributed by atoms with Gasteiger partial charge in [0.25, 0.3) is 0 Å². The molecule has 0 aliphatic rings. The number of aromatic nitrogens is 2. The van der Waals surface area contributed by atoms with Crippen LogP contribution in [0.25, 0.3) is 22.1 Å². The van der Waals surface area contributed by atoms with Crippen molar-refractivity contribution >= 4 is 33.8 Å². The Labute approximate surface area is 110 Å². The smallest absolute Gasteiger partial charge is 0.0905 e. The quantitative estimate of drug-likeness (QED) is 0.506. The lowest BCUT2D eigenvalue weighted by atomic mass is 10.2. The van der Waals surface area contributed by atoms with Crippen LogP contribution < -0.4 is 0 Å². The maximum Gasteiger partial charge on any atom is 0.0905 e. The van der Waals surface area contributed by atoms with Crippen LogP contribution in [0.4, 0.5) is 0 Å². The van der Waals surface area contributed by atoms with E-state index >= 15 is 0 Å². The summed E-state index contributed by atoms with van der Waals surface area (Å²) in [5, 5.41) is 0. The summed E-state index contributed by atoms with van der Waals surface area (Å²) in [4.78, 5) is 10.6. The van der Waals surface area contributed by atoms with E-state index < -0.39 is 0 Å². The van der Waals surface area contributed by atoms with Crippen LogP contribution in [0.3, 0.4) is 0 Å². The molecule has 18 heavy (non-hydrogen) atoms. The molecule has 3 rings (SSSR count). The molecule has 0 aliphatic heterocycles. The molecule has 0 atom stereocenters. The van der Waals surface area contributed by atoms with Crippen LogP contribution in [0.15, 0.2) is 41.3 Å². The van der Waals surface area contributed by atoms with Gasteiger partial charge in [0.1, 0.15) is 0 Å². The van der Waals surface area contributed by atoms with E-state index in [1.54, 1.807) is 0 Å². The van der Waals surface area contributed by atoms with Crippen molar-refractivity contribution in [3.8, 4) is 0 Å². The molecule has 0 saturated carbocycles. The summed E-state index contributed by atoms with van der Waals surface area (Å²) < 4.78 is 0. The van der Waals surface area contributed by atoms with E-state index in [1.807, 2.05) is 17.8 Å². The maximum absolute atomic E-state index is 4.69. The number of fused-ring (bicyclic) bond motifs is 2. The van der Waals surface area contributed by atoms with Crippen molar-refractivity contribution in [2.75, 3.05) is 5.75 Å². The largest absolute Gasteiger partial charge is 0.244 e. The normalized spacial score (nSPS) is 11.2. The Morgan fingerprint density at radius 2 is 1.56 bits per heavy atom. The molecule has 1 heterocycles. The summed E-state index contributed by atoms with van der Waals surface area (Å²) in [6.45, 7) is 4.23. The molecule has 2 aromatic carbocycles. The molecular formula is C15H14N2S. The lowest BCUT2D eigenvalue weighted by molar-refractivity contribution is 1.34. The van der Waals surface area contributed by atoms with Gasteiger partial charge >= 0.3 is 0 Å². The third-order valence-electron chi connectivity index (χ3n) is 2.87. The number of benzene rings is 2. The van der Waals surface area contributed by atoms with E-state index in [4.69, 9.17) is 0 Å². The predicted molar refractivity (Wildman–Crippen MR) is 78.2 cm³/mol. The lowest BCUT2D eigenvalue weighted by Crippen LogP contribution is -1.88. The van der Waals surface area contributed by atoms with Crippen LogP contribution in [0.5, 0.6) is 0 Å². The first-order valence-corrected chi connectivity index (χ1v) is 7.06. The highest BCUT2D eigenvalue weighted by Crippen LogP contribution is 2.23. The average molecular weight is 254 g/mol. The molecular weight excluding hydrogens is 240 g/mol. The molecule has 1 aromatic heterocycles. The minimum atomic E-state index is 0.965. The van der Waals surface area contributed by atoms with Crippen LogP contribution in [-0.2, 0) is 0 Å². The zero-order valence-electron chi connectivity index (χ0n) is 10.5. The summed E-state index contributed by atoms with van der Waals surface area (Å²) in [5.74, 6) is 1.08. The molecule has 0 amide bonds. The third-order valence-corrected chi connectivity index (χ3v) is 3.75. The van der Waals surface area contributed by atoms with Gasteiger partial charge in [0.15, 0.2) is 0 Å². The highest BCUT2D eigenvalue weighted by molar-refractivity contribution is 7.99. The van der Waals surface area contributed by atoms with Crippen molar-refractivity contribution in [2.45, 2.75) is 18.7 Å². The van der Waals surface area contributed by atoms with Crippen LogP contribution in [0.2, 0.25) is 0 Å². The van der Waals surface area contributed by atoms with Crippen molar-refractivity contribution in [3.05, 3.63) is 42.0 Å². The Morgan fingerprint density at radius 1 is 0.889 bits per heavy atom. The second-order valence-corrected chi connectivity index (χ2v) is 5.64. The fourth-order valence-corrected chi connectivity index (χ4v) is 2.71. The van der Waals surface area contributed by atoms with Gasteiger partial charge in [-0.2, -0.15) is 0 Å². The highest BCUT2D eigenvalue weighted by Gasteiger charge is 2.03. The van der Waals surface area contributed by atoms with Gasteiger partial charge in [-0.15, -0.1) is 11.8 Å². The molecule has 0 radical (unpaired) electrons. The van der Waals surface area contributed by atoms with Gasteiger partial charge < -0.3 is 0 Å². The third kappa shape index (κ3) is 2.06. The van der Waals surface area contributed by atoms with Gasteiger partial charge in [0.2, 0.25) is 0 Å². The van der Waals surface area contributed by atoms with E-state index in [0.717, 1.165) is 27.8 Å². The predicted octanol–water partition coefficient (Wildman–Crippen LogP) is 4.20. The Kier molecular flexibility index (Phi) is 2.92. The van der Waals surface area contributed by atoms with Crippen molar-refractivity contribution in [2.24, 2.45) is 0 Å². The summed E-state index contributed by atoms with van der Waals surface area (Å²) >= 11 is 1.83. The molecule has 0 spiro atoms. The molecule has 0 N–H and O–H groups in total. The van der Waals surface area contributed by atoms with Crippen LogP contribution in [-0.4, -0.2) is 15.7 Å². The minimum absolute atomic E-state index is 0.965. The Bertz CT molecular complexity index is 722. The Hall–Kier alpha value is -1.61. The topological polar surface area (TPSA) is 25.8 Å². The first kappa shape index (κ1) is 11.5. The fourth-order valence-electron chi connectivity index (χ4n) is 2.02. The molecule has 0 bridgehead atoms. The number of aryl methyl sites for hydroxylation is 1. The van der Waals surface area contributed by atoms with E-state index in [1.165, 1.54) is 10.5 Å².